The number of ether oxygens (including phenoxy) is 3. The van der Waals surface area contributed by atoms with Crippen molar-refractivity contribution in [3.63, 3.8) is 0 Å². The van der Waals surface area contributed by atoms with Gasteiger partial charge in [0.2, 0.25) is 0 Å². The molecule has 0 spiro atoms. The Hall–Kier alpha value is -2.11. The summed E-state index contributed by atoms with van der Waals surface area (Å²) < 4.78 is 17.0. The van der Waals surface area contributed by atoms with Crippen molar-refractivity contribution in [1.29, 1.82) is 0 Å². The fraction of sp³-hybridized carbons (Fsp3) is 0.896. The summed E-state index contributed by atoms with van der Waals surface area (Å²) in [6, 6.07) is 0. The lowest BCUT2D eigenvalue weighted by molar-refractivity contribution is -0.167. The zero-order chi connectivity index (χ0) is 52.9. The molecule has 0 saturated carbocycles. The molecule has 0 aliphatic rings. The molecule has 0 fully saturated rings. The van der Waals surface area contributed by atoms with E-state index < -0.39 is 6.10 Å². The average molecular weight is 1030 g/mol. The predicted molar refractivity (Wildman–Crippen MR) is 316 cm³/mol. The molecule has 0 rings (SSSR count). The Kier molecular flexibility index (Phi) is 60.6. The van der Waals surface area contributed by atoms with Gasteiger partial charge in [-0.1, -0.05) is 302 Å². The molecule has 0 bridgehead atoms. The fourth-order valence-corrected chi connectivity index (χ4v) is 9.97. The highest BCUT2D eigenvalue weighted by atomic mass is 16.6. The van der Waals surface area contributed by atoms with Crippen LogP contribution in [0.25, 0.3) is 0 Å². The van der Waals surface area contributed by atoms with Crippen LogP contribution in [0.3, 0.4) is 0 Å². The van der Waals surface area contributed by atoms with Crippen LogP contribution in [0.15, 0.2) is 24.3 Å². The van der Waals surface area contributed by atoms with Gasteiger partial charge < -0.3 is 14.2 Å². The molecular weight excluding hydrogens is 901 g/mol. The van der Waals surface area contributed by atoms with Crippen LogP contribution in [0.2, 0.25) is 0 Å². The van der Waals surface area contributed by atoms with Gasteiger partial charge in [0, 0.05) is 19.3 Å². The van der Waals surface area contributed by atoms with Crippen molar-refractivity contribution >= 4 is 17.9 Å². The molecule has 0 aromatic carbocycles. The van der Waals surface area contributed by atoms with Crippen LogP contribution in [-0.2, 0) is 28.6 Å². The quantitative estimate of drug-likeness (QED) is 0.0261. The number of esters is 3. The summed E-state index contributed by atoms with van der Waals surface area (Å²) in [6.45, 7) is 6.70. The number of unbranched alkanes of at least 4 members (excludes halogenated alkanes) is 46. The third-order valence-electron chi connectivity index (χ3n) is 14.9. The van der Waals surface area contributed by atoms with Crippen LogP contribution >= 0.6 is 0 Å². The van der Waals surface area contributed by atoms with Gasteiger partial charge in [0.25, 0.3) is 0 Å². The first kappa shape index (κ1) is 70.9. The second-order valence-electron chi connectivity index (χ2n) is 22.4. The summed E-state index contributed by atoms with van der Waals surface area (Å²) in [5.74, 6) is -0.852. The molecule has 0 saturated heterocycles. The topological polar surface area (TPSA) is 78.9 Å². The van der Waals surface area contributed by atoms with E-state index in [1.807, 2.05) is 0 Å². The fourth-order valence-electron chi connectivity index (χ4n) is 9.97. The first-order valence-corrected chi connectivity index (χ1v) is 32.8. The van der Waals surface area contributed by atoms with Crippen molar-refractivity contribution in [2.45, 2.75) is 374 Å². The second-order valence-corrected chi connectivity index (χ2v) is 22.4. The Morgan fingerprint density at radius 3 is 0.685 bits per heavy atom. The number of rotatable bonds is 61. The summed E-state index contributed by atoms with van der Waals surface area (Å²) in [4.78, 5) is 38.3. The zero-order valence-corrected chi connectivity index (χ0v) is 49.4. The molecule has 0 heterocycles. The first-order chi connectivity index (χ1) is 36.0. The molecule has 430 valence electrons. The predicted octanol–water partition coefficient (Wildman–Crippen LogP) is 22.2. The second kappa shape index (κ2) is 62.4. The van der Waals surface area contributed by atoms with E-state index in [-0.39, 0.29) is 31.1 Å². The number of hydrogen-bond acceptors (Lipinski definition) is 6. The zero-order valence-electron chi connectivity index (χ0n) is 49.4. The molecule has 0 aliphatic heterocycles. The maximum Gasteiger partial charge on any atom is 0.306 e. The molecule has 6 nitrogen and oxygen atoms in total. The summed E-state index contributed by atoms with van der Waals surface area (Å²) >= 11 is 0. The molecule has 0 aromatic rings. The minimum Gasteiger partial charge on any atom is -0.462 e. The number of carbonyl (C=O) groups excluding carboxylic acids is 3. The molecule has 73 heavy (non-hydrogen) atoms. The molecule has 1 atom stereocenters. The lowest BCUT2D eigenvalue weighted by Gasteiger charge is -2.18. The normalized spacial score (nSPS) is 12.1. The Labute approximate surface area is 455 Å². The van der Waals surface area contributed by atoms with Crippen molar-refractivity contribution in [3.8, 4) is 0 Å². The molecule has 1 unspecified atom stereocenters. The largest absolute Gasteiger partial charge is 0.462 e. The first-order valence-electron chi connectivity index (χ1n) is 32.8. The van der Waals surface area contributed by atoms with Crippen LogP contribution in [-0.4, -0.2) is 37.2 Å². The monoisotopic (exact) mass is 1030 g/mol. The van der Waals surface area contributed by atoms with Gasteiger partial charge in [-0.3, -0.25) is 14.4 Å². The van der Waals surface area contributed by atoms with Gasteiger partial charge >= 0.3 is 17.9 Å². The average Bonchev–Trinajstić information content (AvgIpc) is 3.39. The Bertz CT molecular complexity index is 1180. The third-order valence-corrected chi connectivity index (χ3v) is 14.9. The Morgan fingerprint density at radius 1 is 0.260 bits per heavy atom. The SMILES string of the molecule is CCCCCCCC/C=C\CCCCCCCC(=O)OCC(COC(=O)CCCCCCCCCCC/C=C\CCCCCCCCCC)OC(=O)CCCCCCCCCCCCCCCCCCCCC. The molecule has 0 radical (unpaired) electrons. The molecule has 0 amide bonds. The van der Waals surface area contributed by atoms with Crippen molar-refractivity contribution in [3.05, 3.63) is 24.3 Å². The van der Waals surface area contributed by atoms with Gasteiger partial charge in [0.05, 0.1) is 0 Å². The summed E-state index contributed by atoms with van der Waals surface area (Å²) in [5, 5.41) is 0. The smallest absolute Gasteiger partial charge is 0.306 e. The van der Waals surface area contributed by atoms with Crippen LogP contribution in [0.4, 0.5) is 0 Å². The highest BCUT2D eigenvalue weighted by Crippen LogP contribution is 2.18. The third kappa shape index (κ3) is 60.6. The van der Waals surface area contributed by atoms with E-state index >= 15 is 0 Å². The number of allylic oxidation sites excluding steroid dienone is 4. The minimum atomic E-state index is -0.773. The standard InChI is InChI=1S/C67H126O6/c1-4-7-10-13-16-19-22-25-28-30-32-33-35-36-39-42-45-48-51-54-57-60-66(69)72-63-64(62-71-65(68)59-56-53-50-47-44-41-38-27-24-21-18-15-12-9-6-3)73-67(70)61-58-55-52-49-46-43-40-37-34-31-29-26-23-20-17-14-11-8-5-2/h27,30,32,38,64H,4-26,28-29,31,33-37,39-63H2,1-3H3/b32-30-,38-27-. The Balaban J connectivity index is 4.30. The van der Waals surface area contributed by atoms with Crippen molar-refractivity contribution in [2.24, 2.45) is 0 Å². The van der Waals surface area contributed by atoms with Gasteiger partial charge in [0.15, 0.2) is 6.10 Å². The van der Waals surface area contributed by atoms with E-state index in [2.05, 4.69) is 45.1 Å². The van der Waals surface area contributed by atoms with E-state index in [0.717, 1.165) is 64.2 Å². The van der Waals surface area contributed by atoms with Crippen molar-refractivity contribution in [2.75, 3.05) is 13.2 Å². The summed E-state index contributed by atoms with van der Waals surface area (Å²) in [6.07, 6.45) is 74.7. The van der Waals surface area contributed by atoms with Crippen LogP contribution in [0.1, 0.15) is 367 Å². The molecular formula is C67H126O6. The van der Waals surface area contributed by atoms with Crippen LogP contribution in [0.5, 0.6) is 0 Å². The highest BCUT2D eigenvalue weighted by Gasteiger charge is 2.19. The van der Waals surface area contributed by atoms with Gasteiger partial charge in [-0.15, -0.1) is 0 Å². The molecule has 0 aliphatic carbocycles. The summed E-state index contributed by atoms with van der Waals surface area (Å²) in [7, 11) is 0. The molecule has 0 aromatic heterocycles. The maximum atomic E-state index is 12.9. The van der Waals surface area contributed by atoms with Crippen molar-refractivity contribution in [1.82, 2.24) is 0 Å². The highest BCUT2D eigenvalue weighted by molar-refractivity contribution is 5.71. The van der Waals surface area contributed by atoms with E-state index in [9.17, 15) is 14.4 Å². The van der Waals surface area contributed by atoms with E-state index in [1.165, 1.54) is 263 Å². The number of hydrogen-bond donors (Lipinski definition) is 0. The van der Waals surface area contributed by atoms with Gasteiger partial charge in [-0.2, -0.15) is 0 Å². The lowest BCUT2D eigenvalue weighted by Crippen LogP contribution is -2.30. The van der Waals surface area contributed by atoms with E-state index in [1.54, 1.807) is 0 Å². The van der Waals surface area contributed by atoms with E-state index in [0.29, 0.717) is 19.3 Å². The van der Waals surface area contributed by atoms with Crippen LogP contribution < -0.4 is 0 Å². The van der Waals surface area contributed by atoms with Gasteiger partial charge in [-0.25, -0.2) is 0 Å². The Morgan fingerprint density at radius 2 is 0.452 bits per heavy atom. The van der Waals surface area contributed by atoms with Crippen molar-refractivity contribution < 1.29 is 28.6 Å². The van der Waals surface area contributed by atoms with Crippen LogP contribution in [0, 0.1) is 0 Å². The summed E-state index contributed by atoms with van der Waals surface area (Å²) in [5.41, 5.74) is 0. The maximum absolute atomic E-state index is 12.9. The lowest BCUT2D eigenvalue weighted by atomic mass is 10.0. The van der Waals surface area contributed by atoms with E-state index in [4.69, 9.17) is 14.2 Å². The molecule has 6 heteroatoms. The molecule has 0 N–H and O–H groups in total. The number of carbonyl (C=O) groups is 3. The van der Waals surface area contributed by atoms with Gasteiger partial charge in [-0.05, 0) is 70.6 Å². The van der Waals surface area contributed by atoms with Gasteiger partial charge in [0.1, 0.15) is 13.2 Å². The minimum absolute atomic E-state index is 0.0699.